The number of aliphatic hydroxyl groups is 1. The lowest BCUT2D eigenvalue weighted by molar-refractivity contribution is 0.0773. The highest BCUT2D eigenvalue weighted by atomic mass is 32.1. The zero-order valence-electron chi connectivity index (χ0n) is 10.3. The van der Waals surface area contributed by atoms with Crippen LogP contribution in [0.4, 0.5) is 0 Å². The number of hydrogen-bond acceptors (Lipinski definition) is 4. The molecule has 1 unspecified atom stereocenters. The maximum absolute atomic E-state index is 11.9. The van der Waals surface area contributed by atoms with Gasteiger partial charge in [-0.25, -0.2) is 0 Å². The number of hydrogen-bond donors (Lipinski definition) is 1. The summed E-state index contributed by atoms with van der Waals surface area (Å²) in [5.74, 6) is -0.143. The Morgan fingerprint density at radius 3 is 2.65 bits per heavy atom. The molecule has 1 aromatic rings. The van der Waals surface area contributed by atoms with E-state index >= 15 is 0 Å². The molecule has 17 heavy (non-hydrogen) atoms. The van der Waals surface area contributed by atoms with Gasteiger partial charge in [-0.15, -0.1) is 11.3 Å². The van der Waals surface area contributed by atoms with Gasteiger partial charge in [0.15, 0.2) is 5.78 Å². The summed E-state index contributed by atoms with van der Waals surface area (Å²) in [4.78, 5) is 25.2. The number of ketones is 1. The van der Waals surface area contributed by atoms with Gasteiger partial charge in [0.2, 0.25) is 0 Å². The summed E-state index contributed by atoms with van der Waals surface area (Å²) in [6, 6.07) is 1.62. The monoisotopic (exact) mass is 255 g/mol. The number of carbonyl (C=O) groups excluding carboxylic acids is 2. The van der Waals surface area contributed by atoms with Gasteiger partial charge >= 0.3 is 0 Å². The van der Waals surface area contributed by atoms with E-state index in [9.17, 15) is 9.59 Å². The highest BCUT2D eigenvalue weighted by molar-refractivity contribution is 7.12. The van der Waals surface area contributed by atoms with Crippen LogP contribution in [-0.2, 0) is 0 Å². The molecule has 4 nitrogen and oxygen atoms in total. The topological polar surface area (TPSA) is 57.6 Å². The normalized spacial score (nSPS) is 12.2. The van der Waals surface area contributed by atoms with Crippen molar-refractivity contribution in [1.82, 2.24) is 4.90 Å². The molecule has 0 saturated carbocycles. The number of rotatable bonds is 5. The number of nitrogens with zero attached hydrogens (tertiary/aromatic N) is 1. The summed E-state index contributed by atoms with van der Waals surface area (Å²) < 4.78 is 0. The molecule has 0 aliphatic carbocycles. The predicted octanol–water partition coefficient (Wildman–Crippen LogP) is 1.79. The van der Waals surface area contributed by atoms with E-state index in [1.54, 1.807) is 30.3 Å². The molecular weight excluding hydrogens is 238 g/mol. The standard InChI is InChI=1S/C12H17NO3S/c1-8(14)4-5-13(3)12(16)11-6-10(7-17-11)9(2)15/h6-8,14H,4-5H2,1-3H3. The van der Waals surface area contributed by atoms with E-state index in [0.717, 1.165) is 0 Å². The lowest BCUT2D eigenvalue weighted by Gasteiger charge is -2.16. The van der Waals surface area contributed by atoms with Gasteiger partial charge in [0.25, 0.3) is 5.91 Å². The molecule has 1 amide bonds. The van der Waals surface area contributed by atoms with Gasteiger partial charge in [-0.2, -0.15) is 0 Å². The van der Waals surface area contributed by atoms with Crippen LogP contribution in [0.25, 0.3) is 0 Å². The van der Waals surface area contributed by atoms with Crippen LogP contribution in [0.3, 0.4) is 0 Å². The molecule has 0 aromatic carbocycles. The summed E-state index contributed by atoms with van der Waals surface area (Å²) >= 11 is 1.27. The van der Waals surface area contributed by atoms with Gasteiger partial charge in [-0.3, -0.25) is 9.59 Å². The van der Waals surface area contributed by atoms with Crippen LogP contribution in [0, 0.1) is 0 Å². The van der Waals surface area contributed by atoms with E-state index in [-0.39, 0.29) is 11.7 Å². The lowest BCUT2D eigenvalue weighted by atomic mass is 10.2. The van der Waals surface area contributed by atoms with Crippen LogP contribution in [0.15, 0.2) is 11.4 Å². The summed E-state index contributed by atoms with van der Waals surface area (Å²) in [5.41, 5.74) is 0.572. The second kappa shape index (κ2) is 5.93. The molecule has 0 bridgehead atoms. The Hall–Kier alpha value is -1.20. The first kappa shape index (κ1) is 13.9. The Morgan fingerprint density at radius 1 is 1.53 bits per heavy atom. The quantitative estimate of drug-likeness (QED) is 0.816. The minimum atomic E-state index is -0.415. The Morgan fingerprint density at radius 2 is 2.18 bits per heavy atom. The van der Waals surface area contributed by atoms with Crippen LogP contribution in [0.1, 0.15) is 40.3 Å². The van der Waals surface area contributed by atoms with Crippen molar-refractivity contribution in [3.63, 3.8) is 0 Å². The summed E-state index contributed by atoms with van der Waals surface area (Å²) in [5, 5.41) is 10.8. The second-order valence-electron chi connectivity index (χ2n) is 4.12. The number of aliphatic hydroxyl groups excluding tert-OH is 1. The number of thiophene rings is 1. The third-order valence-electron chi connectivity index (χ3n) is 2.45. The molecule has 0 aliphatic heterocycles. The van der Waals surface area contributed by atoms with Gasteiger partial charge in [-0.1, -0.05) is 0 Å². The first-order valence-corrected chi connectivity index (χ1v) is 6.32. The Kier molecular flexibility index (Phi) is 4.84. The van der Waals surface area contributed by atoms with Gasteiger partial charge in [-0.05, 0) is 26.3 Å². The van der Waals surface area contributed by atoms with Crippen molar-refractivity contribution >= 4 is 23.0 Å². The average Bonchev–Trinajstić information content (AvgIpc) is 2.73. The molecule has 0 aliphatic rings. The van der Waals surface area contributed by atoms with E-state index in [4.69, 9.17) is 5.11 Å². The predicted molar refractivity (Wildman–Crippen MR) is 67.6 cm³/mol. The fraction of sp³-hybridized carbons (Fsp3) is 0.500. The molecule has 1 atom stereocenters. The van der Waals surface area contributed by atoms with Crippen molar-refractivity contribution in [3.8, 4) is 0 Å². The maximum Gasteiger partial charge on any atom is 0.263 e. The largest absolute Gasteiger partial charge is 0.393 e. The zero-order chi connectivity index (χ0) is 13.0. The van der Waals surface area contributed by atoms with Crippen molar-refractivity contribution in [1.29, 1.82) is 0 Å². The molecule has 1 aromatic heterocycles. The molecule has 1 heterocycles. The molecule has 0 radical (unpaired) electrons. The van der Waals surface area contributed by atoms with Crippen molar-refractivity contribution < 1.29 is 14.7 Å². The molecule has 0 spiro atoms. The van der Waals surface area contributed by atoms with Crippen molar-refractivity contribution in [2.75, 3.05) is 13.6 Å². The SMILES string of the molecule is CC(=O)c1csc(C(=O)N(C)CCC(C)O)c1. The van der Waals surface area contributed by atoms with Crippen LogP contribution in [-0.4, -0.2) is 41.4 Å². The molecular formula is C12H17NO3S. The maximum atomic E-state index is 11.9. The summed E-state index contributed by atoms with van der Waals surface area (Å²) in [6.07, 6.45) is 0.133. The highest BCUT2D eigenvalue weighted by Crippen LogP contribution is 2.17. The molecule has 1 rings (SSSR count). The zero-order valence-corrected chi connectivity index (χ0v) is 11.1. The second-order valence-corrected chi connectivity index (χ2v) is 5.03. The first-order valence-electron chi connectivity index (χ1n) is 5.44. The summed E-state index contributed by atoms with van der Waals surface area (Å²) in [7, 11) is 1.69. The first-order chi connectivity index (χ1) is 7.91. The molecule has 94 valence electrons. The third kappa shape index (κ3) is 3.94. The van der Waals surface area contributed by atoms with Crippen molar-refractivity contribution in [2.45, 2.75) is 26.4 Å². The number of carbonyl (C=O) groups is 2. The highest BCUT2D eigenvalue weighted by Gasteiger charge is 2.15. The smallest absolute Gasteiger partial charge is 0.263 e. The Balaban J connectivity index is 2.65. The molecule has 1 N–H and O–H groups in total. The Bertz CT molecular complexity index is 412. The summed E-state index contributed by atoms with van der Waals surface area (Å²) in [6.45, 7) is 3.68. The van der Waals surface area contributed by atoms with E-state index in [0.29, 0.717) is 23.4 Å². The Labute approximate surface area is 105 Å². The molecule has 5 heteroatoms. The fourth-order valence-corrected chi connectivity index (χ4v) is 2.24. The fourth-order valence-electron chi connectivity index (χ4n) is 1.30. The minimum Gasteiger partial charge on any atom is -0.393 e. The van der Waals surface area contributed by atoms with Gasteiger partial charge in [0.05, 0.1) is 11.0 Å². The van der Waals surface area contributed by atoms with E-state index < -0.39 is 6.10 Å². The van der Waals surface area contributed by atoms with E-state index in [1.165, 1.54) is 18.3 Å². The number of Topliss-reactive ketones (excluding diaryl/α,β-unsaturated/α-hetero) is 1. The molecule has 0 fully saturated rings. The van der Waals surface area contributed by atoms with Crippen molar-refractivity contribution in [3.05, 3.63) is 21.9 Å². The van der Waals surface area contributed by atoms with Crippen molar-refractivity contribution in [2.24, 2.45) is 0 Å². The average molecular weight is 255 g/mol. The van der Waals surface area contributed by atoms with Gasteiger partial charge in [0, 0.05) is 24.5 Å². The van der Waals surface area contributed by atoms with Crippen LogP contribution in [0.2, 0.25) is 0 Å². The van der Waals surface area contributed by atoms with Crippen LogP contribution in [0.5, 0.6) is 0 Å². The van der Waals surface area contributed by atoms with Gasteiger partial charge < -0.3 is 10.0 Å². The third-order valence-corrected chi connectivity index (χ3v) is 3.36. The van der Waals surface area contributed by atoms with Crippen LogP contribution >= 0.6 is 11.3 Å². The molecule has 0 saturated heterocycles. The minimum absolute atomic E-state index is 0.0352. The van der Waals surface area contributed by atoms with E-state index in [2.05, 4.69) is 0 Å². The van der Waals surface area contributed by atoms with E-state index in [1.807, 2.05) is 0 Å². The van der Waals surface area contributed by atoms with Gasteiger partial charge in [0.1, 0.15) is 0 Å². The van der Waals surface area contributed by atoms with Crippen LogP contribution < -0.4 is 0 Å². The lowest BCUT2D eigenvalue weighted by Crippen LogP contribution is -2.28. The number of amides is 1.